The third kappa shape index (κ3) is 3.41. The molecule has 106 valence electrons. The predicted octanol–water partition coefficient (Wildman–Crippen LogP) is 5.21. The highest BCUT2D eigenvalue weighted by molar-refractivity contribution is 5.56. The van der Waals surface area contributed by atoms with E-state index in [4.69, 9.17) is 0 Å². The Morgan fingerprint density at radius 3 is 1.90 bits per heavy atom. The second-order valence-electron chi connectivity index (χ2n) is 6.57. The summed E-state index contributed by atoms with van der Waals surface area (Å²) in [7, 11) is 0. The summed E-state index contributed by atoms with van der Waals surface area (Å²) in [6.45, 7) is 11.9. The van der Waals surface area contributed by atoms with Crippen molar-refractivity contribution in [2.24, 2.45) is 0 Å². The van der Waals surface area contributed by atoms with Crippen molar-refractivity contribution >= 4 is 5.69 Å². The molecule has 0 bridgehead atoms. The minimum absolute atomic E-state index is 0.221. The van der Waals surface area contributed by atoms with Crippen LogP contribution in [0.15, 0.2) is 42.5 Å². The molecule has 0 unspecified atom stereocenters. The highest BCUT2D eigenvalue weighted by Crippen LogP contribution is 2.23. The summed E-state index contributed by atoms with van der Waals surface area (Å²) >= 11 is 0. The molecule has 20 heavy (non-hydrogen) atoms. The second-order valence-corrected chi connectivity index (χ2v) is 6.57. The Morgan fingerprint density at radius 2 is 1.40 bits per heavy atom. The molecule has 0 aromatic heterocycles. The second kappa shape index (κ2) is 5.70. The van der Waals surface area contributed by atoms with Crippen molar-refractivity contribution in [2.75, 3.05) is 5.32 Å². The zero-order chi connectivity index (χ0) is 14.8. The van der Waals surface area contributed by atoms with E-state index in [1.807, 2.05) is 0 Å². The average molecular weight is 267 g/mol. The number of hydrogen-bond donors (Lipinski definition) is 1. The van der Waals surface area contributed by atoms with Gasteiger partial charge in [-0.15, -0.1) is 0 Å². The minimum atomic E-state index is 0.221. The summed E-state index contributed by atoms with van der Waals surface area (Å²) in [5, 5.41) is 3.56. The van der Waals surface area contributed by atoms with Gasteiger partial charge in [-0.3, -0.25) is 0 Å². The van der Waals surface area contributed by atoms with Gasteiger partial charge in [-0.2, -0.15) is 0 Å². The maximum absolute atomic E-state index is 3.56. The lowest BCUT2D eigenvalue weighted by molar-refractivity contribution is 0.590. The third-order valence-corrected chi connectivity index (χ3v) is 3.77. The largest absolute Gasteiger partial charge is 0.381 e. The van der Waals surface area contributed by atoms with E-state index in [0.29, 0.717) is 0 Å². The van der Waals surface area contributed by atoms with Crippen LogP contribution in [0.1, 0.15) is 43.0 Å². The van der Waals surface area contributed by atoms with Crippen LogP contribution in [0.25, 0.3) is 0 Å². The van der Waals surface area contributed by atoms with Crippen LogP contribution in [0.4, 0.5) is 5.69 Å². The number of para-hydroxylation sites is 1. The van der Waals surface area contributed by atoms with Crippen molar-refractivity contribution in [1.29, 1.82) is 0 Å². The number of aryl methyl sites for hydroxylation is 2. The van der Waals surface area contributed by atoms with E-state index in [1.165, 1.54) is 27.9 Å². The van der Waals surface area contributed by atoms with Crippen LogP contribution in [-0.4, -0.2) is 0 Å². The fraction of sp³-hybridized carbons (Fsp3) is 0.368. The van der Waals surface area contributed by atoms with Gasteiger partial charge >= 0.3 is 0 Å². The molecule has 2 aromatic rings. The summed E-state index contributed by atoms with van der Waals surface area (Å²) in [6, 6.07) is 15.3. The maximum atomic E-state index is 3.56. The van der Waals surface area contributed by atoms with E-state index in [1.54, 1.807) is 0 Å². The molecular weight excluding hydrogens is 242 g/mol. The Morgan fingerprint density at radius 1 is 0.850 bits per heavy atom. The minimum Gasteiger partial charge on any atom is -0.381 e. The molecule has 1 N–H and O–H groups in total. The first-order valence-corrected chi connectivity index (χ1v) is 7.27. The van der Waals surface area contributed by atoms with E-state index < -0.39 is 0 Å². The number of nitrogens with one attached hydrogen (secondary N) is 1. The summed E-state index contributed by atoms with van der Waals surface area (Å²) in [5.41, 5.74) is 6.78. The lowest BCUT2D eigenvalue weighted by Crippen LogP contribution is -2.11. The highest BCUT2D eigenvalue weighted by Gasteiger charge is 2.12. The molecule has 0 amide bonds. The Balaban J connectivity index is 2.08. The Hall–Kier alpha value is -1.76. The number of rotatable bonds is 3. The first-order valence-electron chi connectivity index (χ1n) is 7.27. The van der Waals surface area contributed by atoms with Crippen LogP contribution in [-0.2, 0) is 12.0 Å². The average Bonchev–Trinajstić information content (AvgIpc) is 2.37. The highest BCUT2D eigenvalue weighted by atomic mass is 14.9. The normalized spacial score (nSPS) is 11.4. The molecule has 0 aliphatic carbocycles. The lowest BCUT2D eigenvalue weighted by Gasteiger charge is -2.19. The molecule has 1 heteroatoms. The van der Waals surface area contributed by atoms with E-state index in [0.717, 1.165) is 6.54 Å². The standard InChI is InChI=1S/C19H25N/c1-14-7-6-8-15(2)18(14)20-13-16-9-11-17(12-10-16)19(3,4)5/h6-12,20H,13H2,1-5H3. The number of benzene rings is 2. The molecule has 0 saturated heterocycles. The summed E-state index contributed by atoms with van der Waals surface area (Å²) in [6.07, 6.45) is 0. The summed E-state index contributed by atoms with van der Waals surface area (Å²) in [4.78, 5) is 0. The van der Waals surface area contributed by atoms with Gasteiger partial charge in [0.25, 0.3) is 0 Å². The molecule has 0 spiro atoms. The van der Waals surface area contributed by atoms with Gasteiger partial charge in [-0.25, -0.2) is 0 Å². The van der Waals surface area contributed by atoms with Gasteiger partial charge < -0.3 is 5.32 Å². The number of anilines is 1. The quantitative estimate of drug-likeness (QED) is 0.804. The van der Waals surface area contributed by atoms with Gasteiger partial charge in [0, 0.05) is 12.2 Å². The van der Waals surface area contributed by atoms with Gasteiger partial charge in [0.05, 0.1) is 0 Å². The molecule has 2 aromatic carbocycles. The van der Waals surface area contributed by atoms with Crippen molar-refractivity contribution in [3.8, 4) is 0 Å². The van der Waals surface area contributed by atoms with Gasteiger partial charge in [0.2, 0.25) is 0 Å². The van der Waals surface area contributed by atoms with Crippen molar-refractivity contribution in [1.82, 2.24) is 0 Å². The van der Waals surface area contributed by atoms with Gasteiger partial charge in [-0.05, 0) is 41.5 Å². The molecule has 2 rings (SSSR count). The predicted molar refractivity (Wildman–Crippen MR) is 88.4 cm³/mol. The number of hydrogen-bond acceptors (Lipinski definition) is 1. The topological polar surface area (TPSA) is 12.0 Å². The van der Waals surface area contributed by atoms with Crippen LogP contribution in [0.2, 0.25) is 0 Å². The molecule has 0 atom stereocenters. The first-order chi connectivity index (χ1) is 9.38. The molecule has 0 fully saturated rings. The molecule has 0 saturated carbocycles. The van der Waals surface area contributed by atoms with E-state index >= 15 is 0 Å². The van der Waals surface area contributed by atoms with Crippen LogP contribution in [0, 0.1) is 13.8 Å². The first kappa shape index (κ1) is 14.6. The molecular formula is C19H25N. The maximum Gasteiger partial charge on any atom is 0.0402 e. The Kier molecular flexibility index (Phi) is 4.17. The Labute approximate surface area is 123 Å². The Bertz CT molecular complexity index is 553. The van der Waals surface area contributed by atoms with Crippen molar-refractivity contribution < 1.29 is 0 Å². The van der Waals surface area contributed by atoms with Gasteiger partial charge in [0.1, 0.15) is 0 Å². The zero-order valence-corrected chi connectivity index (χ0v) is 13.2. The lowest BCUT2D eigenvalue weighted by atomic mass is 9.87. The third-order valence-electron chi connectivity index (χ3n) is 3.77. The van der Waals surface area contributed by atoms with Crippen molar-refractivity contribution in [2.45, 2.75) is 46.6 Å². The van der Waals surface area contributed by atoms with Crippen LogP contribution in [0.5, 0.6) is 0 Å². The van der Waals surface area contributed by atoms with Crippen LogP contribution >= 0.6 is 0 Å². The fourth-order valence-electron chi connectivity index (χ4n) is 2.41. The van der Waals surface area contributed by atoms with Crippen molar-refractivity contribution in [3.05, 3.63) is 64.7 Å². The molecule has 0 aliphatic heterocycles. The van der Waals surface area contributed by atoms with Gasteiger partial charge in [0.15, 0.2) is 0 Å². The molecule has 0 heterocycles. The van der Waals surface area contributed by atoms with E-state index in [9.17, 15) is 0 Å². The smallest absolute Gasteiger partial charge is 0.0402 e. The summed E-state index contributed by atoms with van der Waals surface area (Å²) < 4.78 is 0. The van der Waals surface area contributed by atoms with Crippen LogP contribution in [0.3, 0.4) is 0 Å². The molecule has 0 radical (unpaired) electrons. The SMILES string of the molecule is Cc1cccc(C)c1NCc1ccc(C(C)(C)C)cc1. The monoisotopic (exact) mass is 267 g/mol. The van der Waals surface area contributed by atoms with Gasteiger partial charge in [-0.1, -0.05) is 63.2 Å². The molecule has 0 aliphatic rings. The fourth-order valence-corrected chi connectivity index (χ4v) is 2.41. The van der Waals surface area contributed by atoms with Crippen LogP contribution < -0.4 is 5.32 Å². The zero-order valence-electron chi connectivity index (χ0n) is 13.2. The van der Waals surface area contributed by atoms with Crippen molar-refractivity contribution in [3.63, 3.8) is 0 Å². The molecule has 1 nitrogen and oxygen atoms in total. The van der Waals surface area contributed by atoms with E-state index in [-0.39, 0.29) is 5.41 Å². The van der Waals surface area contributed by atoms with E-state index in [2.05, 4.69) is 82.4 Å². The summed E-state index contributed by atoms with van der Waals surface area (Å²) in [5.74, 6) is 0.